The van der Waals surface area contributed by atoms with E-state index in [1.807, 2.05) is 24.3 Å². The molecular weight excluding hydrogens is 393 g/mol. The summed E-state index contributed by atoms with van der Waals surface area (Å²) in [7, 11) is 0. The van der Waals surface area contributed by atoms with E-state index in [0.29, 0.717) is 18.8 Å². The Balaban J connectivity index is 0.000000370. The first-order valence-electron chi connectivity index (χ1n) is 9.24. The predicted octanol–water partition coefficient (Wildman–Crippen LogP) is 2.22. The first-order chi connectivity index (χ1) is 13.7. The molecule has 0 saturated carbocycles. The number of hydrogen-bond acceptors (Lipinski definition) is 5. The van der Waals surface area contributed by atoms with Gasteiger partial charge in [-0.15, -0.1) is 0 Å². The van der Waals surface area contributed by atoms with E-state index in [4.69, 9.17) is 14.6 Å². The standard InChI is InChI=1S/C17H22N2O3.C2HF3O2/c20-16-6-5-15(17(21)19-16)13-1-3-14(4-2-13)22-11-12-7-9-18-10-8-12;3-2(4,5)1(6)7/h1-4,12,15,18H,5-11H2,(H,19,20,21);(H,6,7). The first kappa shape index (κ1) is 22.7. The number of piperidine rings is 2. The smallest absolute Gasteiger partial charge is 0.490 e. The largest absolute Gasteiger partial charge is 0.493 e. The second kappa shape index (κ2) is 10.2. The molecule has 10 heteroatoms. The highest BCUT2D eigenvalue weighted by Crippen LogP contribution is 2.26. The number of halogens is 3. The maximum absolute atomic E-state index is 11.9. The lowest BCUT2D eigenvalue weighted by molar-refractivity contribution is -0.192. The Morgan fingerprint density at radius 1 is 1.10 bits per heavy atom. The van der Waals surface area contributed by atoms with Crippen LogP contribution < -0.4 is 15.4 Å². The highest BCUT2D eigenvalue weighted by molar-refractivity contribution is 6.00. The van der Waals surface area contributed by atoms with Crippen molar-refractivity contribution in [3.05, 3.63) is 29.8 Å². The minimum absolute atomic E-state index is 0.178. The van der Waals surface area contributed by atoms with Gasteiger partial charge in [0.15, 0.2) is 0 Å². The summed E-state index contributed by atoms with van der Waals surface area (Å²) in [6, 6.07) is 7.69. The molecule has 7 nitrogen and oxygen atoms in total. The molecule has 1 aromatic rings. The molecular formula is C19H23F3N2O5. The lowest BCUT2D eigenvalue weighted by atomic mass is 9.90. The van der Waals surface area contributed by atoms with Crippen LogP contribution in [-0.2, 0) is 14.4 Å². The van der Waals surface area contributed by atoms with Crippen molar-refractivity contribution in [3.8, 4) is 5.75 Å². The second-order valence-electron chi connectivity index (χ2n) is 6.88. The zero-order valence-electron chi connectivity index (χ0n) is 15.6. The lowest BCUT2D eigenvalue weighted by Gasteiger charge is -2.23. The van der Waals surface area contributed by atoms with Gasteiger partial charge in [0, 0.05) is 6.42 Å². The molecule has 1 unspecified atom stereocenters. The summed E-state index contributed by atoms with van der Waals surface area (Å²) in [5.41, 5.74) is 0.944. The Bertz CT molecular complexity index is 716. The SMILES string of the molecule is O=C(O)C(F)(F)F.O=C1CCC(c2ccc(OCC3CCNCC3)cc2)C(=O)N1. The number of rotatable bonds is 4. The number of hydrogen-bond donors (Lipinski definition) is 3. The van der Waals surface area contributed by atoms with Crippen LogP contribution in [0.1, 0.15) is 37.2 Å². The third-order valence-electron chi connectivity index (χ3n) is 4.71. The Kier molecular flexibility index (Phi) is 8.00. The van der Waals surface area contributed by atoms with Gasteiger partial charge < -0.3 is 15.2 Å². The van der Waals surface area contributed by atoms with Crippen molar-refractivity contribution in [2.45, 2.75) is 37.8 Å². The molecule has 0 bridgehead atoms. The molecule has 2 fully saturated rings. The number of alkyl halides is 3. The minimum Gasteiger partial charge on any atom is -0.493 e. The normalized spacial score (nSPS) is 20.3. The number of benzene rings is 1. The summed E-state index contributed by atoms with van der Waals surface area (Å²) >= 11 is 0. The van der Waals surface area contributed by atoms with Crippen LogP contribution >= 0.6 is 0 Å². The van der Waals surface area contributed by atoms with Crippen LogP contribution in [0.3, 0.4) is 0 Å². The molecule has 2 heterocycles. The lowest BCUT2D eigenvalue weighted by Crippen LogP contribution is -2.39. The fourth-order valence-electron chi connectivity index (χ4n) is 3.07. The molecule has 2 aliphatic rings. The molecule has 1 atom stereocenters. The number of nitrogens with one attached hydrogen (secondary N) is 2. The van der Waals surface area contributed by atoms with Crippen molar-refractivity contribution in [2.24, 2.45) is 5.92 Å². The van der Waals surface area contributed by atoms with Gasteiger partial charge in [0.2, 0.25) is 11.8 Å². The van der Waals surface area contributed by atoms with Crippen LogP contribution in [0, 0.1) is 5.92 Å². The fourth-order valence-corrected chi connectivity index (χ4v) is 3.07. The quantitative estimate of drug-likeness (QED) is 0.650. The number of aliphatic carboxylic acids is 1. The molecule has 2 aliphatic heterocycles. The van der Waals surface area contributed by atoms with Crippen LogP contribution in [0.5, 0.6) is 5.75 Å². The van der Waals surface area contributed by atoms with E-state index in [-0.39, 0.29) is 17.7 Å². The molecule has 2 amide bonds. The third-order valence-corrected chi connectivity index (χ3v) is 4.71. The van der Waals surface area contributed by atoms with Crippen LogP contribution in [0.15, 0.2) is 24.3 Å². The van der Waals surface area contributed by atoms with Crippen molar-refractivity contribution in [2.75, 3.05) is 19.7 Å². The molecule has 3 rings (SSSR count). The molecule has 0 radical (unpaired) electrons. The summed E-state index contributed by atoms with van der Waals surface area (Å²) in [5.74, 6) is -1.89. The zero-order valence-corrected chi connectivity index (χ0v) is 15.6. The number of amides is 2. The highest BCUT2D eigenvalue weighted by atomic mass is 19.4. The van der Waals surface area contributed by atoms with Gasteiger partial charge >= 0.3 is 12.1 Å². The average molecular weight is 416 g/mol. The van der Waals surface area contributed by atoms with Gasteiger partial charge in [-0.2, -0.15) is 13.2 Å². The highest BCUT2D eigenvalue weighted by Gasteiger charge is 2.38. The van der Waals surface area contributed by atoms with E-state index in [1.54, 1.807) is 0 Å². The van der Waals surface area contributed by atoms with Crippen LogP contribution in [0.25, 0.3) is 0 Å². The molecule has 0 aliphatic carbocycles. The molecule has 160 valence electrons. The molecule has 29 heavy (non-hydrogen) atoms. The number of imide groups is 1. The summed E-state index contributed by atoms with van der Waals surface area (Å²) in [6.07, 6.45) is -1.77. The van der Waals surface area contributed by atoms with E-state index >= 15 is 0 Å². The monoisotopic (exact) mass is 416 g/mol. The number of ether oxygens (including phenoxy) is 1. The Labute approximate surface area is 165 Å². The van der Waals surface area contributed by atoms with Crippen LogP contribution in [0.2, 0.25) is 0 Å². The van der Waals surface area contributed by atoms with Crippen LogP contribution in [0.4, 0.5) is 13.2 Å². The topological polar surface area (TPSA) is 105 Å². The number of carbonyl (C=O) groups excluding carboxylic acids is 2. The van der Waals surface area contributed by atoms with Crippen molar-refractivity contribution < 1.29 is 37.4 Å². The fraction of sp³-hybridized carbons (Fsp3) is 0.526. The van der Waals surface area contributed by atoms with Gasteiger partial charge in [-0.25, -0.2) is 4.79 Å². The minimum atomic E-state index is -5.08. The van der Waals surface area contributed by atoms with E-state index in [2.05, 4.69) is 10.6 Å². The van der Waals surface area contributed by atoms with E-state index in [0.717, 1.165) is 43.9 Å². The van der Waals surface area contributed by atoms with E-state index in [1.165, 1.54) is 0 Å². The van der Waals surface area contributed by atoms with Gasteiger partial charge in [0.05, 0.1) is 12.5 Å². The average Bonchev–Trinajstić information content (AvgIpc) is 2.67. The molecule has 2 saturated heterocycles. The summed E-state index contributed by atoms with van der Waals surface area (Å²) in [6.45, 7) is 2.89. The summed E-state index contributed by atoms with van der Waals surface area (Å²) < 4.78 is 37.6. The number of carboxylic acid groups (broad SMARTS) is 1. The second-order valence-corrected chi connectivity index (χ2v) is 6.88. The number of carboxylic acids is 1. The maximum atomic E-state index is 11.9. The Morgan fingerprint density at radius 3 is 2.21 bits per heavy atom. The maximum Gasteiger partial charge on any atom is 0.490 e. The third kappa shape index (κ3) is 7.37. The Morgan fingerprint density at radius 2 is 1.69 bits per heavy atom. The van der Waals surface area contributed by atoms with Crippen molar-refractivity contribution in [3.63, 3.8) is 0 Å². The van der Waals surface area contributed by atoms with Gasteiger partial charge in [0.1, 0.15) is 5.75 Å². The molecule has 0 spiro atoms. The van der Waals surface area contributed by atoms with Gasteiger partial charge in [-0.05, 0) is 56.0 Å². The first-order valence-corrected chi connectivity index (χ1v) is 9.24. The molecule has 1 aromatic carbocycles. The van der Waals surface area contributed by atoms with Gasteiger partial charge in [0.25, 0.3) is 0 Å². The zero-order chi connectivity index (χ0) is 21.4. The van der Waals surface area contributed by atoms with Gasteiger partial charge in [-0.3, -0.25) is 14.9 Å². The van der Waals surface area contributed by atoms with Gasteiger partial charge in [-0.1, -0.05) is 12.1 Å². The summed E-state index contributed by atoms with van der Waals surface area (Å²) in [5, 5.41) is 12.9. The van der Waals surface area contributed by atoms with E-state index in [9.17, 15) is 22.8 Å². The van der Waals surface area contributed by atoms with E-state index < -0.39 is 12.1 Å². The Hall–Kier alpha value is -2.62. The molecule has 0 aromatic heterocycles. The number of carbonyl (C=O) groups is 3. The van der Waals surface area contributed by atoms with Crippen molar-refractivity contribution in [1.29, 1.82) is 0 Å². The van der Waals surface area contributed by atoms with Crippen LogP contribution in [-0.4, -0.2) is 48.8 Å². The predicted molar refractivity (Wildman–Crippen MR) is 96.3 cm³/mol. The molecule has 3 N–H and O–H groups in total. The summed E-state index contributed by atoms with van der Waals surface area (Å²) in [4.78, 5) is 31.9. The van der Waals surface area contributed by atoms with Crippen molar-refractivity contribution >= 4 is 17.8 Å². The van der Waals surface area contributed by atoms with Crippen molar-refractivity contribution in [1.82, 2.24) is 10.6 Å².